The number of nitrogens with zero attached hydrogens (tertiary/aromatic N) is 1. The minimum Gasteiger partial charge on any atom is -0.456 e. The Bertz CT molecular complexity index is 1010. The zero-order valence-corrected chi connectivity index (χ0v) is 15.4. The number of ether oxygens (including phenoxy) is 1. The summed E-state index contributed by atoms with van der Waals surface area (Å²) in [6.07, 6.45) is -3.89. The Morgan fingerprint density at radius 3 is 2.32 bits per heavy atom. The minimum absolute atomic E-state index is 0.133. The molecule has 0 aliphatic rings. The maximum atomic E-state index is 12.7. The van der Waals surface area contributed by atoms with Gasteiger partial charge in [0.2, 0.25) is 10.0 Å². The van der Waals surface area contributed by atoms with Gasteiger partial charge in [0, 0.05) is 0 Å². The van der Waals surface area contributed by atoms with Gasteiger partial charge in [-0.1, -0.05) is 11.6 Å². The number of alkyl halides is 3. The van der Waals surface area contributed by atoms with E-state index >= 15 is 0 Å². The zero-order valence-electron chi connectivity index (χ0n) is 13.9. The highest BCUT2D eigenvalue weighted by atomic mass is 35.5. The van der Waals surface area contributed by atoms with Gasteiger partial charge in [0.15, 0.2) is 0 Å². The number of anilines is 1. The second-order valence-electron chi connectivity index (χ2n) is 5.42. The van der Waals surface area contributed by atoms with Gasteiger partial charge in [-0.3, -0.25) is 15.2 Å². The topological polar surface area (TPSA) is 116 Å². The van der Waals surface area contributed by atoms with Gasteiger partial charge >= 0.3 is 6.18 Å². The van der Waals surface area contributed by atoms with E-state index in [-0.39, 0.29) is 16.5 Å². The van der Waals surface area contributed by atoms with Crippen molar-refractivity contribution in [3.05, 3.63) is 52.5 Å². The lowest BCUT2D eigenvalue weighted by molar-refractivity contribution is -0.137. The average Bonchev–Trinajstić information content (AvgIpc) is 2.54. The third-order valence-electron chi connectivity index (χ3n) is 3.19. The Labute approximate surface area is 161 Å². The van der Waals surface area contributed by atoms with E-state index in [9.17, 15) is 36.8 Å². The first kappa shape index (κ1) is 21.8. The van der Waals surface area contributed by atoms with E-state index in [4.69, 9.17) is 16.3 Å². The number of carbonyl (C=O) groups excluding carboxylic acids is 1. The van der Waals surface area contributed by atoms with Crippen LogP contribution in [0.15, 0.2) is 36.4 Å². The molecule has 2 aromatic rings. The maximum Gasteiger partial charge on any atom is 0.416 e. The number of nitrogens with one attached hydrogen (secondary N) is 1. The summed E-state index contributed by atoms with van der Waals surface area (Å²) in [6.45, 7) is 0. The van der Waals surface area contributed by atoms with Crippen molar-refractivity contribution in [2.45, 2.75) is 6.18 Å². The SMILES string of the molecule is CS(=O)(=O)NC(=O)c1cc(Oc2ccc(C(F)(F)F)cc2Cl)ccc1N(O)O. The number of amides is 1. The highest BCUT2D eigenvalue weighted by molar-refractivity contribution is 7.89. The Kier molecular flexibility index (Phi) is 6.09. The summed E-state index contributed by atoms with van der Waals surface area (Å²) in [6, 6.07) is 5.44. The average molecular weight is 441 g/mol. The molecular formula is C15H12ClF3N2O6S. The summed E-state index contributed by atoms with van der Waals surface area (Å²) in [4.78, 5) is 12.1. The predicted octanol–water partition coefficient (Wildman–Crippen LogP) is 3.43. The van der Waals surface area contributed by atoms with Crippen LogP contribution in [0.2, 0.25) is 5.02 Å². The molecule has 0 unspecified atom stereocenters. The smallest absolute Gasteiger partial charge is 0.416 e. The van der Waals surface area contributed by atoms with Gasteiger partial charge in [-0.2, -0.15) is 13.2 Å². The van der Waals surface area contributed by atoms with Crippen molar-refractivity contribution in [2.24, 2.45) is 0 Å². The molecule has 152 valence electrons. The van der Waals surface area contributed by atoms with E-state index in [1.54, 1.807) is 4.72 Å². The van der Waals surface area contributed by atoms with Gasteiger partial charge in [0.25, 0.3) is 5.91 Å². The fraction of sp³-hybridized carbons (Fsp3) is 0.133. The molecule has 1 amide bonds. The van der Waals surface area contributed by atoms with E-state index in [2.05, 4.69) is 0 Å². The van der Waals surface area contributed by atoms with Crippen LogP contribution >= 0.6 is 11.6 Å². The van der Waals surface area contributed by atoms with Gasteiger partial charge < -0.3 is 4.74 Å². The van der Waals surface area contributed by atoms with Crippen molar-refractivity contribution < 1.29 is 41.5 Å². The molecule has 2 rings (SSSR count). The second-order valence-corrected chi connectivity index (χ2v) is 7.57. The summed E-state index contributed by atoms with van der Waals surface area (Å²) in [5.74, 6) is -1.51. The van der Waals surface area contributed by atoms with E-state index in [0.29, 0.717) is 12.3 Å². The molecule has 0 aliphatic carbocycles. The van der Waals surface area contributed by atoms with Crippen LogP contribution in [-0.4, -0.2) is 31.0 Å². The molecule has 0 spiro atoms. The highest BCUT2D eigenvalue weighted by Crippen LogP contribution is 2.37. The van der Waals surface area contributed by atoms with E-state index in [1.807, 2.05) is 0 Å². The van der Waals surface area contributed by atoms with Crippen LogP contribution in [0.4, 0.5) is 18.9 Å². The molecule has 0 aromatic heterocycles. The monoisotopic (exact) mass is 440 g/mol. The molecule has 3 N–H and O–H groups in total. The Morgan fingerprint density at radius 1 is 1.18 bits per heavy atom. The maximum absolute atomic E-state index is 12.7. The van der Waals surface area contributed by atoms with Crippen LogP contribution in [0.1, 0.15) is 15.9 Å². The largest absolute Gasteiger partial charge is 0.456 e. The molecule has 2 aromatic carbocycles. The van der Waals surface area contributed by atoms with Crippen molar-refractivity contribution >= 4 is 33.2 Å². The van der Waals surface area contributed by atoms with E-state index < -0.39 is 44.1 Å². The molecule has 0 fully saturated rings. The van der Waals surface area contributed by atoms with Crippen molar-refractivity contribution in [3.8, 4) is 11.5 Å². The van der Waals surface area contributed by atoms with E-state index in [1.165, 1.54) is 0 Å². The summed E-state index contributed by atoms with van der Waals surface area (Å²) < 4.78 is 67.4. The van der Waals surface area contributed by atoms with Gasteiger partial charge in [0.05, 0.1) is 22.4 Å². The van der Waals surface area contributed by atoms with Crippen molar-refractivity contribution in [1.29, 1.82) is 0 Å². The van der Waals surface area contributed by atoms with Gasteiger partial charge in [-0.25, -0.2) is 13.1 Å². The summed E-state index contributed by atoms with van der Waals surface area (Å²) in [5, 5.41) is 17.6. The fourth-order valence-corrected chi connectivity index (χ4v) is 2.71. The number of hydrogen-bond acceptors (Lipinski definition) is 7. The van der Waals surface area contributed by atoms with Crippen molar-refractivity contribution in [1.82, 2.24) is 4.72 Å². The molecule has 0 aliphatic heterocycles. The summed E-state index contributed by atoms with van der Waals surface area (Å²) >= 11 is 5.78. The summed E-state index contributed by atoms with van der Waals surface area (Å²) in [7, 11) is -3.96. The van der Waals surface area contributed by atoms with Crippen molar-refractivity contribution in [2.75, 3.05) is 11.5 Å². The van der Waals surface area contributed by atoms with Gasteiger partial charge in [0.1, 0.15) is 17.2 Å². The quantitative estimate of drug-likeness (QED) is 0.610. The van der Waals surface area contributed by atoms with Gasteiger partial charge in [-0.05, 0) is 36.4 Å². The Morgan fingerprint density at radius 2 is 1.82 bits per heavy atom. The molecule has 13 heteroatoms. The van der Waals surface area contributed by atoms with Crippen molar-refractivity contribution in [3.63, 3.8) is 0 Å². The molecule has 28 heavy (non-hydrogen) atoms. The third kappa shape index (κ3) is 5.48. The van der Waals surface area contributed by atoms with Crippen LogP contribution in [0, 0.1) is 0 Å². The normalized spacial score (nSPS) is 11.8. The Balaban J connectivity index is 2.40. The van der Waals surface area contributed by atoms with Crippen LogP contribution in [0.5, 0.6) is 11.5 Å². The molecule has 8 nitrogen and oxygen atoms in total. The molecule has 0 saturated carbocycles. The Hall–Kier alpha value is -2.54. The highest BCUT2D eigenvalue weighted by Gasteiger charge is 2.31. The molecule has 0 saturated heterocycles. The van der Waals surface area contributed by atoms with E-state index in [0.717, 1.165) is 30.3 Å². The number of rotatable bonds is 5. The molecular weight excluding hydrogens is 429 g/mol. The predicted molar refractivity (Wildman–Crippen MR) is 91.3 cm³/mol. The number of sulfonamides is 1. The lowest BCUT2D eigenvalue weighted by Gasteiger charge is -2.15. The van der Waals surface area contributed by atoms with Crippen LogP contribution in [-0.2, 0) is 16.2 Å². The van der Waals surface area contributed by atoms with Crippen LogP contribution in [0.25, 0.3) is 0 Å². The fourth-order valence-electron chi connectivity index (χ4n) is 2.05. The minimum atomic E-state index is -4.60. The lowest BCUT2D eigenvalue weighted by atomic mass is 10.1. The van der Waals surface area contributed by atoms with Gasteiger partial charge in [-0.15, -0.1) is 5.23 Å². The number of hydrogen-bond donors (Lipinski definition) is 3. The number of halogens is 4. The molecule has 0 radical (unpaired) electrons. The molecule has 0 atom stereocenters. The summed E-state index contributed by atoms with van der Waals surface area (Å²) in [5.41, 5.74) is -1.98. The number of carbonyl (C=O) groups is 1. The van der Waals surface area contributed by atoms with Crippen LogP contribution in [0.3, 0.4) is 0 Å². The molecule has 0 bridgehead atoms. The zero-order chi connectivity index (χ0) is 21.3. The lowest BCUT2D eigenvalue weighted by Crippen LogP contribution is -2.30. The first-order valence-corrected chi connectivity index (χ1v) is 9.43. The standard InChI is InChI=1S/C15H12ClF3N2O6S/c1-28(25,26)20-14(22)10-7-9(3-4-12(10)21(23)24)27-13-5-2-8(6-11(13)16)15(17,18)19/h2-7,23-24H,1H3,(H,20,22). The molecule has 0 heterocycles. The second kappa shape index (κ2) is 7.83. The number of benzene rings is 2. The first-order chi connectivity index (χ1) is 12.8. The third-order valence-corrected chi connectivity index (χ3v) is 4.04. The first-order valence-electron chi connectivity index (χ1n) is 7.16. The van der Waals surface area contributed by atoms with Crippen LogP contribution < -0.4 is 14.7 Å².